The molecule has 6 heteroatoms. The second-order valence-electron chi connectivity index (χ2n) is 5.94. The van der Waals surface area contributed by atoms with Gasteiger partial charge in [-0.2, -0.15) is 0 Å². The van der Waals surface area contributed by atoms with E-state index in [0.717, 1.165) is 18.5 Å². The number of carbonyl (C=O) groups is 1. The average molecular weight is 346 g/mol. The Morgan fingerprint density at radius 3 is 2.83 bits per heavy atom. The maximum atomic E-state index is 12.4. The van der Waals surface area contributed by atoms with E-state index in [1.807, 2.05) is 5.38 Å². The van der Waals surface area contributed by atoms with Gasteiger partial charge >= 0.3 is 0 Å². The van der Waals surface area contributed by atoms with Gasteiger partial charge in [-0.05, 0) is 31.0 Å². The van der Waals surface area contributed by atoms with Crippen molar-refractivity contribution in [2.45, 2.75) is 44.8 Å². The predicted molar refractivity (Wildman–Crippen MR) is 93.8 cm³/mol. The van der Waals surface area contributed by atoms with Gasteiger partial charge in [-0.1, -0.05) is 19.3 Å². The molecule has 24 heavy (non-hydrogen) atoms. The first-order valence-electron chi connectivity index (χ1n) is 8.25. The fourth-order valence-electron chi connectivity index (χ4n) is 2.90. The summed E-state index contributed by atoms with van der Waals surface area (Å²) in [6.07, 6.45) is 5.79. The van der Waals surface area contributed by atoms with Crippen molar-refractivity contribution in [2.24, 2.45) is 0 Å². The van der Waals surface area contributed by atoms with Crippen molar-refractivity contribution in [3.8, 4) is 11.5 Å². The minimum atomic E-state index is -0.0498. The summed E-state index contributed by atoms with van der Waals surface area (Å²) in [6.45, 7) is 0.382. The molecular weight excluding hydrogens is 324 g/mol. The minimum absolute atomic E-state index is 0.0498. The second-order valence-corrected chi connectivity index (χ2v) is 6.66. The number of methoxy groups -OCH3 is 1. The van der Waals surface area contributed by atoms with E-state index in [-0.39, 0.29) is 11.9 Å². The normalized spacial score (nSPS) is 15.0. The van der Waals surface area contributed by atoms with Crippen LogP contribution in [-0.4, -0.2) is 24.0 Å². The molecule has 1 N–H and O–H groups in total. The first kappa shape index (κ1) is 16.8. The Bertz CT molecular complexity index is 667. The zero-order valence-electron chi connectivity index (χ0n) is 13.8. The number of aromatic nitrogens is 1. The van der Waals surface area contributed by atoms with Gasteiger partial charge in [-0.3, -0.25) is 4.79 Å². The number of nitrogens with zero attached hydrogens (tertiary/aromatic N) is 1. The van der Waals surface area contributed by atoms with Crippen LogP contribution in [0.4, 0.5) is 0 Å². The van der Waals surface area contributed by atoms with Crippen LogP contribution in [0.5, 0.6) is 11.5 Å². The first-order chi connectivity index (χ1) is 11.8. The molecule has 1 saturated carbocycles. The van der Waals surface area contributed by atoms with Crippen LogP contribution in [0.2, 0.25) is 0 Å². The molecule has 0 radical (unpaired) electrons. The monoisotopic (exact) mass is 346 g/mol. The molecular formula is C18H22N2O3S. The highest BCUT2D eigenvalue weighted by Gasteiger charge is 2.18. The molecule has 128 valence electrons. The van der Waals surface area contributed by atoms with Gasteiger partial charge in [0, 0.05) is 17.0 Å². The Kier molecular flexibility index (Phi) is 5.69. The van der Waals surface area contributed by atoms with E-state index >= 15 is 0 Å². The molecule has 1 aromatic carbocycles. The van der Waals surface area contributed by atoms with Gasteiger partial charge in [-0.15, -0.1) is 11.3 Å². The van der Waals surface area contributed by atoms with E-state index in [1.54, 1.807) is 30.8 Å². The van der Waals surface area contributed by atoms with Crippen LogP contribution in [0.3, 0.4) is 0 Å². The molecule has 1 heterocycles. The summed E-state index contributed by atoms with van der Waals surface area (Å²) in [5.41, 5.74) is 3.24. The number of ether oxygens (including phenoxy) is 2. The smallest absolute Gasteiger partial charge is 0.251 e. The quantitative estimate of drug-likeness (QED) is 0.864. The SMILES string of the molecule is COc1cc(C(=O)NC2CCCCC2)ccc1OCc1cscn1. The van der Waals surface area contributed by atoms with Gasteiger partial charge in [-0.25, -0.2) is 4.98 Å². The van der Waals surface area contributed by atoms with Crippen LogP contribution in [0, 0.1) is 0 Å². The number of carbonyl (C=O) groups excluding carboxylic acids is 1. The fraction of sp³-hybridized carbons (Fsp3) is 0.444. The number of amides is 1. The lowest BCUT2D eigenvalue weighted by molar-refractivity contribution is 0.0927. The van der Waals surface area contributed by atoms with Crippen molar-refractivity contribution >= 4 is 17.2 Å². The highest BCUT2D eigenvalue weighted by atomic mass is 32.1. The van der Waals surface area contributed by atoms with E-state index < -0.39 is 0 Å². The van der Waals surface area contributed by atoms with E-state index in [4.69, 9.17) is 9.47 Å². The third kappa shape index (κ3) is 4.26. The Morgan fingerprint density at radius 2 is 2.12 bits per heavy atom. The van der Waals surface area contributed by atoms with Crippen molar-refractivity contribution in [3.63, 3.8) is 0 Å². The van der Waals surface area contributed by atoms with Crippen molar-refractivity contribution in [1.29, 1.82) is 0 Å². The Hall–Kier alpha value is -2.08. The summed E-state index contributed by atoms with van der Waals surface area (Å²) in [7, 11) is 1.58. The first-order valence-corrected chi connectivity index (χ1v) is 9.19. The third-order valence-corrected chi connectivity index (χ3v) is 4.86. The largest absolute Gasteiger partial charge is 0.493 e. The van der Waals surface area contributed by atoms with Crippen LogP contribution in [0.25, 0.3) is 0 Å². The van der Waals surface area contributed by atoms with E-state index in [2.05, 4.69) is 10.3 Å². The highest BCUT2D eigenvalue weighted by molar-refractivity contribution is 7.07. The molecule has 0 bridgehead atoms. The Labute approximate surface area is 146 Å². The molecule has 5 nitrogen and oxygen atoms in total. The van der Waals surface area contributed by atoms with Crippen LogP contribution < -0.4 is 14.8 Å². The van der Waals surface area contributed by atoms with Gasteiger partial charge in [0.15, 0.2) is 11.5 Å². The van der Waals surface area contributed by atoms with Crippen LogP contribution in [0.15, 0.2) is 29.1 Å². The van der Waals surface area contributed by atoms with E-state index in [9.17, 15) is 4.79 Å². The fourth-order valence-corrected chi connectivity index (χ4v) is 3.45. The molecule has 0 aliphatic heterocycles. The standard InChI is InChI=1S/C18H22N2O3S/c1-22-17-9-13(18(21)20-14-5-3-2-4-6-14)7-8-16(17)23-10-15-11-24-12-19-15/h7-9,11-12,14H,2-6,10H2,1H3,(H,20,21). The number of hydrogen-bond acceptors (Lipinski definition) is 5. The lowest BCUT2D eigenvalue weighted by Crippen LogP contribution is -2.36. The van der Waals surface area contributed by atoms with Crippen LogP contribution in [-0.2, 0) is 6.61 Å². The topological polar surface area (TPSA) is 60.5 Å². The highest BCUT2D eigenvalue weighted by Crippen LogP contribution is 2.29. The Morgan fingerprint density at radius 1 is 1.29 bits per heavy atom. The molecule has 1 aromatic heterocycles. The van der Waals surface area contributed by atoms with Gasteiger partial charge in [0.05, 0.1) is 18.3 Å². The summed E-state index contributed by atoms with van der Waals surface area (Å²) >= 11 is 1.53. The van der Waals surface area contributed by atoms with Gasteiger partial charge in [0.1, 0.15) is 6.61 Å². The molecule has 0 unspecified atom stereocenters. The second kappa shape index (κ2) is 8.15. The zero-order valence-corrected chi connectivity index (χ0v) is 14.6. The predicted octanol–water partition coefficient (Wildman–Crippen LogP) is 3.79. The summed E-state index contributed by atoms with van der Waals surface area (Å²) in [6, 6.07) is 5.57. The number of nitrogens with one attached hydrogen (secondary N) is 1. The number of hydrogen-bond donors (Lipinski definition) is 1. The molecule has 0 atom stereocenters. The van der Waals surface area contributed by atoms with Crippen molar-refractivity contribution in [2.75, 3.05) is 7.11 Å². The summed E-state index contributed by atoms with van der Waals surface area (Å²) in [4.78, 5) is 16.6. The zero-order chi connectivity index (χ0) is 16.8. The lowest BCUT2D eigenvalue weighted by atomic mass is 9.95. The number of rotatable bonds is 6. The van der Waals surface area contributed by atoms with Crippen LogP contribution >= 0.6 is 11.3 Å². The summed E-state index contributed by atoms with van der Waals surface area (Å²) in [5.74, 6) is 1.12. The minimum Gasteiger partial charge on any atom is -0.493 e. The number of thiazole rings is 1. The van der Waals surface area contributed by atoms with Gasteiger partial charge in [0.2, 0.25) is 0 Å². The number of benzene rings is 1. The Balaban J connectivity index is 1.65. The summed E-state index contributed by atoms with van der Waals surface area (Å²) < 4.78 is 11.1. The van der Waals surface area contributed by atoms with Crippen LogP contribution in [0.1, 0.15) is 48.2 Å². The van der Waals surface area contributed by atoms with Crippen molar-refractivity contribution < 1.29 is 14.3 Å². The average Bonchev–Trinajstić information content (AvgIpc) is 3.14. The maximum absolute atomic E-state index is 12.4. The van der Waals surface area contributed by atoms with Crippen molar-refractivity contribution in [3.05, 3.63) is 40.3 Å². The molecule has 1 aliphatic rings. The molecule has 0 spiro atoms. The molecule has 1 aliphatic carbocycles. The van der Waals surface area contributed by atoms with Gasteiger partial charge < -0.3 is 14.8 Å². The van der Waals surface area contributed by atoms with E-state index in [1.165, 1.54) is 30.6 Å². The van der Waals surface area contributed by atoms with Crippen molar-refractivity contribution in [1.82, 2.24) is 10.3 Å². The van der Waals surface area contributed by atoms with Gasteiger partial charge in [0.25, 0.3) is 5.91 Å². The molecule has 2 aromatic rings. The molecule has 1 fully saturated rings. The maximum Gasteiger partial charge on any atom is 0.251 e. The summed E-state index contributed by atoms with van der Waals surface area (Å²) in [5, 5.41) is 5.06. The molecule has 0 saturated heterocycles. The third-order valence-electron chi connectivity index (χ3n) is 4.23. The molecule has 1 amide bonds. The lowest BCUT2D eigenvalue weighted by Gasteiger charge is -2.23. The van der Waals surface area contributed by atoms with E-state index in [0.29, 0.717) is 23.7 Å². The molecule has 3 rings (SSSR count).